The monoisotopic (exact) mass is 188 g/mol. The summed E-state index contributed by atoms with van der Waals surface area (Å²) >= 11 is 0. The van der Waals surface area contributed by atoms with E-state index >= 15 is 0 Å². The van der Waals surface area contributed by atoms with Crippen molar-refractivity contribution in [3.63, 3.8) is 0 Å². The van der Waals surface area contributed by atoms with E-state index in [1.165, 1.54) is 0 Å². The van der Waals surface area contributed by atoms with Crippen LogP contribution in [0.15, 0.2) is 18.2 Å². The number of rotatable bonds is 0. The molecular weight excluding hydrogens is 176 g/mol. The molecule has 0 saturated heterocycles. The number of hydrogen-bond acceptors (Lipinski definition) is 3. The number of pyridine rings is 1. The molecule has 1 heterocycles. The second-order valence-electron chi connectivity index (χ2n) is 3.52. The second-order valence-corrected chi connectivity index (χ2v) is 3.52. The number of benzene rings is 1. The molecule has 3 nitrogen and oxygen atoms in total. The summed E-state index contributed by atoms with van der Waals surface area (Å²) in [5, 5.41) is 10.3. The molecule has 0 bridgehead atoms. The molecule has 0 radical (unpaired) electrons. The molecule has 2 rings (SSSR count). The predicted molar refractivity (Wildman–Crippen MR) is 57.3 cm³/mol. The van der Waals surface area contributed by atoms with Gasteiger partial charge in [-0.15, -0.1) is 0 Å². The summed E-state index contributed by atoms with van der Waals surface area (Å²) in [4.78, 5) is 4.04. The molecule has 1 aromatic heterocycles. The van der Waals surface area contributed by atoms with Gasteiger partial charge in [-0.25, -0.2) is 4.98 Å². The molecule has 0 aliphatic heterocycles. The molecule has 72 valence electrons. The minimum absolute atomic E-state index is 0.0548. The molecule has 3 N–H and O–H groups in total. The SMILES string of the molecule is Cc1cc2nc(O)cc(C)c2cc1N. The summed E-state index contributed by atoms with van der Waals surface area (Å²) in [6.45, 7) is 3.86. The Kier molecular flexibility index (Phi) is 1.81. The fourth-order valence-electron chi connectivity index (χ4n) is 1.54. The van der Waals surface area contributed by atoms with Crippen LogP contribution in [0.4, 0.5) is 5.69 Å². The van der Waals surface area contributed by atoms with E-state index in [1.807, 2.05) is 26.0 Å². The minimum atomic E-state index is 0.0548. The number of nitrogen functional groups attached to an aromatic ring is 1. The fourth-order valence-corrected chi connectivity index (χ4v) is 1.54. The molecule has 3 heteroatoms. The molecule has 0 saturated carbocycles. The van der Waals surface area contributed by atoms with Gasteiger partial charge in [-0.2, -0.15) is 0 Å². The van der Waals surface area contributed by atoms with Crippen molar-refractivity contribution in [1.82, 2.24) is 4.98 Å². The van der Waals surface area contributed by atoms with Crippen LogP contribution in [0.1, 0.15) is 11.1 Å². The third-order valence-electron chi connectivity index (χ3n) is 2.39. The van der Waals surface area contributed by atoms with Crippen molar-refractivity contribution < 1.29 is 5.11 Å². The van der Waals surface area contributed by atoms with Gasteiger partial charge in [0, 0.05) is 17.1 Å². The molecule has 0 aliphatic rings. The number of nitrogens with two attached hydrogens (primary N) is 1. The highest BCUT2D eigenvalue weighted by Gasteiger charge is 2.04. The van der Waals surface area contributed by atoms with Gasteiger partial charge in [0.1, 0.15) is 0 Å². The Bertz CT molecular complexity index is 506. The maximum Gasteiger partial charge on any atom is 0.211 e. The maximum absolute atomic E-state index is 9.33. The van der Waals surface area contributed by atoms with E-state index < -0.39 is 0 Å². The van der Waals surface area contributed by atoms with E-state index in [0.717, 1.165) is 27.7 Å². The molecule has 2 aromatic rings. The van der Waals surface area contributed by atoms with Crippen LogP contribution in [-0.4, -0.2) is 10.1 Å². The van der Waals surface area contributed by atoms with Crippen molar-refractivity contribution >= 4 is 16.6 Å². The molecule has 0 fully saturated rings. The van der Waals surface area contributed by atoms with Crippen LogP contribution < -0.4 is 5.73 Å². The van der Waals surface area contributed by atoms with E-state index in [-0.39, 0.29) is 5.88 Å². The zero-order chi connectivity index (χ0) is 10.3. The lowest BCUT2D eigenvalue weighted by atomic mass is 10.1. The summed E-state index contributed by atoms with van der Waals surface area (Å²) in [6.07, 6.45) is 0. The first kappa shape index (κ1) is 8.81. The van der Waals surface area contributed by atoms with Crippen molar-refractivity contribution in [1.29, 1.82) is 0 Å². The Balaban J connectivity index is 2.89. The normalized spacial score (nSPS) is 10.7. The zero-order valence-electron chi connectivity index (χ0n) is 8.20. The van der Waals surface area contributed by atoms with Gasteiger partial charge in [-0.05, 0) is 37.1 Å². The third kappa shape index (κ3) is 1.27. The van der Waals surface area contributed by atoms with Crippen molar-refractivity contribution in [2.45, 2.75) is 13.8 Å². The summed E-state index contributed by atoms with van der Waals surface area (Å²) in [7, 11) is 0. The molecule has 0 spiro atoms. The third-order valence-corrected chi connectivity index (χ3v) is 2.39. The lowest BCUT2D eigenvalue weighted by Gasteiger charge is -2.06. The van der Waals surface area contributed by atoms with Crippen molar-refractivity contribution in [3.05, 3.63) is 29.3 Å². The number of fused-ring (bicyclic) bond motifs is 1. The zero-order valence-corrected chi connectivity index (χ0v) is 8.20. The van der Waals surface area contributed by atoms with E-state index in [2.05, 4.69) is 4.98 Å². The first-order chi connectivity index (χ1) is 6.58. The molecule has 1 aromatic carbocycles. The van der Waals surface area contributed by atoms with E-state index in [9.17, 15) is 5.11 Å². The van der Waals surface area contributed by atoms with Crippen LogP contribution in [0.25, 0.3) is 10.9 Å². The van der Waals surface area contributed by atoms with Gasteiger partial charge < -0.3 is 10.8 Å². The Hall–Kier alpha value is -1.77. The number of aryl methyl sites for hydroxylation is 2. The number of hydrogen-bond donors (Lipinski definition) is 2. The highest BCUT2D eigenvalue weighted by Crippen LogP contribution is 2.25. The fraction of sp³-hybridized carbons (Fsp3) is 0.182. The highest BCUT2D eigenvalue weighted by atomic mass is 16.3. The number of nitrogens with zero attached hydrogens (tertiary/aromatic N) is 1. The second kappa shape index (κ2) is 2.87. The lowest BCUT2D eigenvalue weighted by molar-refractivity contribution is 0.455. The molecular formula is C11H12N2O. The minimum Gasteiger partial charge on any atom is -0.493 e. The van der Waals surface area contributed by atoms with Crippen LogP contribution in [0.2, 0.25) is 0 Å². The quantitative estimate of drug-likeness (QED) is 0.623. The van der Waals surface area contributed by atoms with Crippen LogP contribution >= 0.6 is 0 Å². The standard InChI is InChI=1S/C11H12N2O/c1-6-4-11(14)13-10-3-7(2)9(12)5-8(6)10/h3-5H,12H2,1-2H3,(H,13,14). The van der Waals surface area contributed by atoms with Gasteiger partial charge in [0.05, 0.1) is 5.52 Å². The molecule has 14 heavy (non-hydrogen) atoms. The van der Waals surface area contributed by atoms with Gasteiger partial charge in [-0.1, -0.05) is 0 Å². The first-order valence-electron chi connectivity index (χ1n) is 4.44. The highest BCUT2D eigenvalue weighted by molar-refractivity contribution is 5.86. The topological polar surface area (TPSA) is 59.1 Å². The number of aromatic nitrogens is 1. The van der Waals surface area contributed by atoms with Crippen molar-refractivity contribution in [3.8, 4) is 5.88 Å². The van der Waals surface area contributed by atoms with Crippen LogP contribution in [0.3, 0.4) is 0 Å². The van der Waals surface area contributed by atoms with Gasteiger partial charge >= 0.3 is 0 Å². The summed E-state index contributed by atoms with van der Waals surface area (Å²) < 4.78 is 0. The average molecular weight is 188 g/mol. The molecule has 0 amide bonds. The van der Waals surface area contributed by atoms with Crippen LogP contribution in [0.5, 0.6) is 5.88 Å². The van der Waals surface area contributed by atoms with Crippen LogP contribution in [-0.2, 0) is 0 Å². The van der Waals surface area contributed by atoms with Gasteiger partial charge in [0.2, 0.25) is 5.88 Å². The molecule has 0 aliphatic carbocycles. The van der Waals surface area contributed by atoms with Gasteiger partial charge in [0.25, 0.3) is 0 Å². The largest absolute Gasteiger partial charge is 0.493 e. The van der Waals surface area contributed by atoms with Crippen LogP contribution in [0, 0.1) is 13.8 Å². The number of anilines is 1. The Morgan fingerprint density at radius 2 is 1.86 bits per heavy atom. The van der Waals surface area contributed by atoms with E-state index in [1.54, 1.807) is 6.07 Å². The van der Waals surface area contributed by atoms with E-state index in [4.69, 9.17) is 5.73 Å². The molecule has 0 atom stereocenters. The predicted octanol–water partition coefficient (Wildman–Crippen LogP) is 2.14. The first-order valence-corrected chi connectivity index (χ1v) is 4.44. The van der Waals surface area contributed by atoms with Gasteiger partial charge in [-0.3, -0.25) is 0 Å². The number of aromatic hydroxyl groups is 1. The van der Waals surface area contributed by atoms with Crippen molar-refractivity contribution in [2.24, 2.45) is 0 Å². The lowest BCUT2D eigenvalue weighted by Crippen LogP contribution is -1.92. The van der Waals surface area contributed by atoms with E-state index in [0.29, 0.717) is 0 Å². The maximum atomic E-state index is 9.33. The summed E-state index contributed by atoms with van der Waals surface area (Å²) in [6, 6.07) is 5.42. The Labute approximate surface area is 82.2 Å². The summed E-state index contributed by atoms with van der Waals surface area (Å²) in [5.74, 6) is 0.0548. The smallest absolute Gasteiger partial charge is 0.211 e. The van der Waals surface area contributed by atoms with Gasteiger partial charge in [0.15, 0.2) is 0 Å². The Morgan fingerprint density at radius 1 is 1.14 bits per heavy atom. The Morgan fingerprint density at radius 3 is 2.57 bits per heavy atom. The average Bonchev–Trinajstić information content (AvgIpc) is 2.08. The molecule has 0 unspecified atom stereocenters. The van der Waals surface area contributed by atoms with Crippen molar-refractivity contribution in [2.75, 3.05) is 5.73 Å². The summed E-state index contributed by atoms with van der Waals surface area (Å²) in [5.41, 5.74) is 9.31.